The minimum atomic E-state index is -0.827. The van der Waals surface area contributed by atoms with Crippen molar-refractivity contribution in [2.24, 2.45) is 0 Å². The van der Waals surface area contributed by atoms with Gasteiger partial charge < -0.3 is 9.84 Å². The molecule has 0 fully saturated rings. The molecule has 7 heteroatoms. The van der Waals surface area contributed by atoms with Crippen molar-refractivity contribution < 1.29 is 19.4 Å². The highest BCUT2D eigenvalue weighted by atomic mass is 16.6. The summed E-state index contributed by atoms with van der Waals surface area (Å²) in [6, 6.07) is 6.26. The Kier molecular flexibility index (Phi) is 1.76. The van der Waals surface area contributed by atoms with E-state index in [-0.39, 0.29) is 22.8 Å². The maximum absolute atomic E-state index is 11.4. The molecule has 0 amide bonds. The predicted octanol–water partition coefficient (Wildman–Crippen LogP) is 0.284. The summed E-state index contributed by atoms with van der Waals surface area (Å²) >= 11 is 0. The summed E-state index contributed by atoms with van der Waals surface area (Å²) in [6.07, 6.45) is 0. The van der Waals surface area contributed by atoms with Crippen molar-refractivity contribution >= 4 is 11.9 Å². The number of rotatable bonds is 1. The Morgan fingerprint density at radius 3 is 2.71 bits per heavy atom. The third kappa shape index (κ3) is 1.22. The van der Waals surface area contributed by atoms with Gasteiger partial charge in [-0.05, 0) is 12.1 Å². The molecular weight excluding hydrogens is 226 g/mol. The third-order valence-electron chi connectivity index (χ3n) is 2.35. The molecule has 0 spiro atoms. The van der Waals surface area contributed by atoms with Gasteiger partial charge in [0.25, 0.3) is 0 Å². The summed E-state index contributed by atoms with van der Waals surface area (Å²) in [5.41, 5.74) is 0.0441. The van der Waals surface area contributed by atoms with Crippen molar-refractivity contribution in [2.45, 2.75) is 0 Å². The Balaban J connectivity index is 2.25. The number of aromatic hydroxyl groups is 1. The second-order valence-electron chi connectivity index (χ2n) is 3.36. The molecule has 1 aromatic carbocycles. The van der Waals surface area contributed by atoms with E-state index in [0.717, 1.165) is 4.68 Å². The topological polar surface area (TPSA) is 94.3 Å². The van der Waals surface area contributed by atoms with Gasteiger partial charge in [0.1, 0.15) is 11.4 Å². The summed E-state index contributed by atoms with van der Waals surface area (Å²) in [4.78, 5) is 22.6. The standard InChI is InChI=1S/C10H5N3O4/c14-6-4-2-1-3-5(6)13-8-7(11-12-13)9(15)17-10(8)16/h1-4,14H. The Hall–Kier alpha value is -2.70. The maximum atomic E-state index is 11.4. The van der Waals surface area contributed by atoms with Crippen molar-refractivity contribution in [3.63, 3.8) is 0 Å². The Morgan fingerprint density at radius 2 is 1.94 bits per heavy atom. The minimum Gasteiger partial charge on any atom is -0.506 e. The van der Waals surface area contributed by atoms with E-state index in [1.807, 2.05) is 0 Å². The van der Waals surface area contributed by atoms with Gasteiger partial charge in [0.15, 0.2) is 5.69 Å². The van der Waals surface area contributed by atoms with E-state index in [2.05, 4.69) is 15.0 Å². The van der Waals surface area contributed by atoms with Gasteiger partial charge in [0.2, 0.25) is 5.69 Å². The van der Waals surface area contributed by atoms with Crippen LogP contribution >= 0.6 is 0 Å². The second-order valence-corrected chi connectivity index (χ2v) is 3.36. The van der Waals surface area contributed by atoms with Crippen LogP contribution in [0, 0.1) is 0 Å². The van der Waals surface area contributed by atoms with Crippen molar-refractivity contribution in [3.8, 4) is 11.4 Å². The number of carbonyl (C=O) groups excluding carboxylic acids is 2. The van der Waals surface area contributed by atoms with E-state index in [9.17, 15) is 14.7 Å². The maximum Gasteiger partial charge on any atom is 0.369 e. The summed E-state index contributed by atoms with van der Waals surface area (Å²) in [6.45, 7) is 0. The van der Waals surface area contributed by atoms with Gasteiger partial charge in [-0.1, -0.05) is 17.3 Å². The largest absolute Gasteiger partial charge is 0.506 e. The highest BCUT2D eigenvalue weighted by Crippen LogP contribution is 2.25. The van der Waals surface area contributed by atoms with Gasteiger partial charge in [-0.15, -0.1) is 5.10 Å². The summed E-state index contributed by atoms with van der Waals surface area (Å²) < 4.78 is 5.47. The Morgan fingerprint density at radius 1 is 1.18 bits per heavy atom. The number of hydrogen-bond donors (Lipinski definition) is 1. The number of phenols is 1. The number of ether oxygens (including phenoxy) is 1. The van der Waals surface area contributed by atoms with Crippen molar-refractivity contribution in [2.75, 3.05) is 0 Å². The normalized spacial score (nSPS) is 13.6. The van der Waals surface area contributed by atoms with E-state index >= 15 is 0 Å². The number of aromatic nitrogens is 3. The van der Waals surface area contributed by atoms with E-state index in [1.54, 1.807) is 18.2 Å². The molecule has 7 nitrogen and oxygen atoms in total. The van der Waals surface area contributed by atoms with Crippen LogP contribution in [0.25, 0.3) is 5.69 Å². The fourth-order valence-electron chi connectivity index (χ4n) is 1.60. The molecule has 2 aromatic rings. The number of fused-ring (bicyclic) bond motifs is 1. The highest BCUT2D eigenvalue weighted by molar-refractivity contribution is 6.12. The third-order valence-corrected chi connectivity index (χ3v) is 2.35. The number of cyclic esters (lactones) is 2. The number of phenolic OH excluding ortho intramolecular Hbond substituents is 1. The Labute approximate surface area is 94.2 Å². The molecule has 1 aromatic heterocycles. The van der Waals surface area contributed by atoms with E-state index < -0.39 is 11.9 Å². The molecule has 3 rings (SSSR count). The zero-order valence-electron chi connectivity index (χ0n) is 8.32. The van der Waals surface area contributed by atoms with Crippen LogP contribution in [0.1, 0.15) is 21.0 Å². The monoisotopic (exact) mass is 231 g/mol. The van der Waals surface area contributed by atoms with Gasteiger partial charge in [-0.3, -0.25) is 0 Å². The summed E-state index contributed by atoms with van der Waals surface area (Å²) in [5.74, 6) is -1.72. The van der Waals surface area contributed by atoms with Crippen LogP contribution in [0.5, 0.6) is 5.75 Å². The van der Waals surface area contributed by atoms with Gasteiger partial charge in [-0.2, -0.15) is 0 Å². The van der Waals surface area contributed by atoms with Gasteiger partial charge in [0.05, 0.1) is 0 Å². The van der Waals surface area contributed by atoms with Gasteiger partial charge in [0, 0.05) is 0 Å². The van der Waals surface area contributed by atoms with Crippen molar-refractivity contribution in [3.05, 3.63) is 35.7 Å². The lowest BCUT2D eigenvalue weighted by Gasteiger charge is -2.04. The van der Waals surface area contributed by atoms with Crippen LogP contribution in [-0.4, -0.2) is 32.0 Å². The molecular formula is C10H5N3O4. The zero-order chi connectivity index (χ0) is 12.0. The molecule has 0 atom stereocenters. The SMILES string of the molecule is O=C1OC(=O)c2c1nnn2-c1ccccc1O. The molecule has 0 saturated heterocycles. The predicted molar refractivity (Wildman–Crippen MR) is 52.8 cm³/mol. The number of para-hydroxylation sites is 2. The molecule has 17 heavy (non-hydrogen) atoms. The lowest BCUT2D eigenvalue weighted by Crippen LogP contribution is -2.08. The average molecular weight is 231 g/mol. The second kappa shape index (κ2) is 3.14. The molecule has 1 aliphatic rings. The molecule has 1 aliphatic heterocycles. The molecule has 0 saturated carbocycles. The van der Waals surface area contributed by atoms with Crippen LogP contribution in [0.15, 0.2) is 24.3 Å². The highest BCUT2D eigenvalue weighted by Gasteiger charge is 2.37. The summed E-state index contributed by atoms with van der Waals surface area (Å²) in [7, 11) is 0. The van der Waals surface area contributed by atoms with E-state index in [0.29, 0.717) is 0 Å². The minimum absolute atomic E-state index is 0.0727. The quantitative estimate of drug-likeness (QED) is 0.559. The van der Waals surface area contributed by atoms with Crippen molar-refractivity contribution in [1.29, 1.82) is 0 Å². The lowest BCUT2D eigenvalue weighted by atomic mass is 10.3. The number of hydrogen-bond acceptors (Lipinski definition) is 6. The smallest absolute Gasteiger partial charge is 0.369 e. The molecule has 1 N–H and O–H groups in total. The van der Waals surface area contributed by atoms with Gasteiger partial charge >= 0.3 is 11.9 Å². The fraction of sp³-hybridized carbons (Fsp3) is 0. The molecule has 0 unspecified atom stereocenters. The molecule has 0 bridgehead atoms. The molecule has 0 radical (unpaired) electrons. The van der Waals surface area contributed by atoms with E-state index in [1.165, 1.54) is 6.07 Å². The number of carbonyl (C=O) groups is 2. The first-order valence-electron chi connectivity index (χ1n) is 4.69. The van der Waals surface area contributed by atoms with Crippen LogP contribution in [-0.2, 0) is 4.74 Å². The van der Waals surface area contributed by atoms with Crippen LogP contribution in [0.2, 0.25) is 0 Å². The fourth-order valence-corrected chi connectivity index (χ4v) is 1.60. The number of nitrogens with zero attached hydrogens (tertiary/aromatic N) is 3. The average Bonchev–Trinajstić information content (AvgIpc) is 2.83. The van der Waals surface area contributed by atoms with Gasteiger partial charge in [-0.25, -0.2) is 14.3 Å². The Bertz CT molecular complexity index is 647. The van der Waals surface area contributed by atoms with E-state index in [4.69, 9.17) is 0 Å². The number of esters is 2. The van der Waals surface area contributed by atoms with Crippen molar-refractivity contribution in [1.82, 2.24) is 15.0 Å². The molecule has 84 valence electrons. The van der Waals surface area contributed by atoms with Crippen LogP contribution < -0.4 is 0 Å². The first kappa shape index (κ1) is 9.52. The lowest BCUT2D eigenvalue weighted by molar-refractivity contribution is 0.0434. The number of benzene rings is 1. The molecule has 2 heterocycles. The summed E-state index contributed by atoms with van der Waals surface area (Å²) in [5, 5.41) is 16.8. The molecule has 0 aliphatic carbocycles. The van der Waals surface area contributed by atoms with Crippen LogP contribution in [0.4, 0.5) is 0 Å². The first-order chi connectivity index (χ1) is 8.18. The first-order valence-corrected chi connectivity index (χ1v) is 4.69. The zero-order valence-corrected chi connectivity index (χ0v) is 8.32. The van der Waals surface area contributed by atoms with Crippen LogP contribution in [0.3, 0.4) is 0 Å².